The van der Waals surface area contributed by atoms with E-state index in [2.05, 4.69) is 17.4 Å². The Labute approximate surface area is 167 Å². The van der Waals surface area contributed by atoms with Crippen molar-refractivity contribution in [2.75, 3.05) is 33.4 Å². The number of rotatable bonds is 7. The summed E-state index contributed by atoms with van der Waals surface area (Å²) in [5.74, 6) is 0. The third-order valence-electron chi connectivity index (χ3n) is 5.59. The van der Waals surface area contributed by atoms with E-state index in [1.54, 1.807) is 11.9 Å². The minimum Gasteiger partial charge on any atom is -0.396 e. The molecule has 1 aliphatic heterocycles. The van der Waals surface area contributed by atoms with E-state index >= 15 is 0 Å². The lowest BCUT2D eigenvalue weighted by molar-refractivity contribution is -0.0262. The molecule has 0 radical (unpaired) electrons. The molecule has 28 heavy (non-hydrogen) atoms. The zero-order valence-corrected chi connectivity index (χ0v) is 16.5. The Morgan fingerprint density at radius 3 is 2.32 bits per heavy atom. The van der Waals surface area contributed by atoms with Gasteiger partial charge in [-0.15, -0.1) is 0 Å². The van der Waals surface area contributed by atoms with E-state index in [0.717, 1.165) is 24.8 Å². The first-order valence-corrected chi connectivity index (χ1v) is 9.91. The number of carbonyl (C=O) groups excluding carboxylic acids is 1. The Hall–Kier alpha value is -2.37. The van der Waals surface area contributed by atoms with Gasteiger partial charge in [-0.3, -0.25) is 0 Å². The lowest BCUT2D eigenvalue weighted by Gasteiger charge is -2.38. The number of hydrogen-bond acceptors (Lipinski definition) is 3. The van der Waals surface area contributed by atoms with Gasteiger partial charge in [0.15, 0.2) is 0 Å². The summed E-state index contributed by atoms with van der Waals surface area (Å²) in [6, 6.07) is 20.0. The molecule has 1 aliphatic rings. The maximum Gasteiger partial charge on any atom is 0.317 e. The molecule has 0 spiro atoms. The van der Waals surface area contributed by atoms with Crippen LogP contribution in [0.2, 0.25) is 0 Å². The fourth-order valence-corrected chi connectivity index (χ4v) is 3.79. The summed E-state index contributed by atoms with van der Waals surface area (Å²) in [4.78, 5) is 14.6. The molecule has 150 valence electrons. The maximum atomic E-state index is 13.0. The number of benzene rings is 2. The lowest BCUT2D eigenvalue weighted by atomic mass is 9.80. The van der Waals surface area contributed by atoms with Crippen molar-refractivity contribution >= 4 is 6.03 Å². The van der Waals surface area contributed by atoms with E-state index in [4.69, 9.17) is 4.74 Å². The first kappa shape index (κ1) is 20.4. The number of urea groups is 1. The van der Waals surface area contributed by atoms with Gasteiger partial charge in [0.05, 0.1) is 12.6 Å². The molecule has 5 heteroatoms. The number of nitrogens with one attached hydrogen (secondary N) is 1. The zero-order chi connectivity index (χ0) is 19.8. The number of carbonyl (C=O) groups is 1. The van der Waals surface area contributed by atoms with Gasteiger partial charge in [-0.2, -0.15) is 0 Å². The van der Waals surface area contributed by atoms with Crippen molar-refractivity contribution in [3.8, 4) is 0 Å². The Morgan fingerprint density at radius 2 is 1.71 bits per heavy atom. The Bertz CT molecular complexity index is 730. The number of nitrogens with zero attached hydrogens (tertiary/aromatic N) is 1. The molecule has 0 aliphatic carbocycles. The van der Waals surface area contributed by atoms with Crippen LogP contribution in [0.1, 0.15) is 30.0 Å². The number of amides is 2. The SMILES string of the molecule is CN(CC1(CO)CCOCC1)C(=O)N[C@@H](Cc1ccccc1)c1ccccc1. The number of ether oxygens (including phenoxy) is 1. The Balaban J connectivity index is 1.69. The minimum atomic E-state index is -0.272. The predicted octanol–water partition coefficient (Wildman–Crippen LogP) is 3.40. The second-order valence-corrected chi connectivity index (χ2v) is 7.73. The van der Waals surface area contributed by atoms with Crippen LogP contribution >= 0.6 is 0 Å². The normalized spacial score (nSPS) is 16.9. The molecular formula is C23H30N2O3. The van der Waals surface area contributed by atoms with Gasteiger partial charge in [0.2, 0.25) is 0 Å². The van der Waals surface area contributed by atoms with Gasteiger partial charge in [0.25, 0.3) is 0 Å². The third kappa shape index (κ3) is 5.33. The molecule has 1 fully saturated rings. The standard InChI is InChI=1S/C23H30N2O3/c1-25(17-23(18-26)12-14-28-15-13-23)22(27)24-21(20-10-6-3-7-11-20)16-19-8-4-2-5-9-19/h2-11,21,26H,12-18H2,1H3,(H,24,27)/t21-/m0/s1. The maximum absolute atomic E-state index is 13.0. The summed E-state index contributed by atoms with van der Waals surface area (Å²) in [5, 5.41) is 13.1. The van der Waals surface area contributed by atoms with E-state index in [9.17, 15) is 9.90 Å². The predicted molar refractivity (Wildman–Crippen MR) is 110 cm³/mol. The van der Waals surface area contributed by atoms with Crippen LogP contribution in [0.3, 0.4) is 0 Å². The molecule has 3 rings (SSSR count). The summed E-state index contributed by atoms with van der Waals surface area (Å²) < 4.78 is 5.43. The number of aliphatic hydroxyl groups is 1. The van der Waals surface area contributed by atoms with Gasteiger partial charge in [-0.05, 0) is 30.4 Å². The molecule has 0 bridgehead atoms. The molecule has 1 saturated heterocycles. The Morgan fingerprint density at radius 1 is 1.11 bits per heavy atom. The second-order valence-electron chi connectivity index (χ2n) is 7.73. The molecule has 2 aromatic rings. The molecule has 2 amide bonds. The van der Waals surface area contributed by atoms with Crippen LogP contribution in [-0.4, -0.2) is 49.5 Å². The zero-order valence-electron chi connectivity index (χ0n) is 16.5. The fraction of sp³-hybridized carbons (Fsp3) is 0.435. The smallest absolute Gasteiger partial charge is 0.317 e. The molecule has 2 N–H and O–H groups in total. The summed E-state index contributed by atoms with van der Waals surface area (Å²) in [5.41, 5.74) is 1.98. The van der Waals surface area contributed by atoms with Crippen molar-refractivity contribution < 1.29 is 14.6 Å². The molecule has 0 unspecified atom stereocenters. The molecule has 1 heterocycles. The van der Waals surface area contributed by atoms with Crippen molar-refractivity contribution in [2.24, 2.45) is 5.41 Å². The highest BCUT2D eigenvalue weighted by molar-refractivity contribution is 5.74. The molecule has 0 aromatic heterocycles. The van der Waals surface area contributed by atoms with Crippen LogP contribution in [0, 0.1) is 5.41 Å². The van der Waals surface area contributed by atoms with Gasteiger partial charge >= 0.3 is 6.03 Å². The first-order valence-electron chi connectivity index (χ1n) is 9.91. The summed E-state index contributed by atoms with van der Waals surface area (Å²) >= 11 is 0. The summed E-state index contributed by atoms with van der Waals surface area (Å²) in [6.45, 7) is 1.86. The van der Waals surface area contributed by atoms with Gasteiger partial charge in [-0.25, -0.2) is 4.79 Å². The number of hydrogen-bond donors (Lipinski definition) is 2. The fourth-order valence-electron chi connectivity index (χ4n) is 3.79. The quantitative estimate of drug-likeness (QED) is 0.772. The molecule has 0 saturated carbocycles. The van der Waals surface area contributed by atoms with Crippen LogP contribution in [0.4, 0.5) is 4.79 Å². The van der Waals surface area contributed by atoms with Crippen molar-refractivity contribution in [3.63, 3.8) is 0 Å². The van der Waals surface area contributed by atoms with Gasteiger partial charge in [0, 0.05) is 32.2 Å². The van der Waals surface area contributed by atoms with E-state index in [1.807, 2.05) is 48.5 Å². The van der Waals surface area contributed by atoms with Crippen molar-refractivity contribution in [1.82, 2.24) is 10.2 Å². The van der Waals surface area contributed by atoms with Crippen LogP contribution in [0.5, 0.6) is 0 Å². The number of aliphatic hydroxyl groups excluding tert-OH is 1. The Kier molecular flexibility index (Phi) is 7.06. The highest BCUT2D eigenvalue weighted by atomic mass is 16.5. The van der Waals surface area contributed by atoms with E-state index in [-0.39, 0.29) is 24.1 Å². The highest BCUT2D eigenvalue weighted by Gasteiger charge is 2.34. The molecule has 1 atom stereocenters. The van der Waals surface area contributed by atoms with Crippen LogP contribution in [0.15, 0.2) is 60.7 Å². The third-order valence-corrected chi connectivity index (χ3v) is 5.59. The van der Waals surface area contributed by atoms with Crippen LogP contribution in [0.25, 0.3) is 0 Å². The average Bonchev–Trinajstić information content (AvgIpc) is 2.75. The van der Waals surface area contributed by atoms with Crippen LogP contribution in [-0.2, 0) is 11.2 Å². The largest absolute Gasteiger partial charge is 0.396 e. The summed E-state index contributed by atoms with van der Waals surface area (Å²) in [7, 11) is 1.80. The van der Waals surface area contributed by atoms with Gasteiger partial charge < -0.3 is 20.1 Å². The van der Waals surface area contributed by atoms with E-state index in [0.29, 0.717) is 19.8 Å². The van der Waals surface area contributed by atoms with E-state index < -0.39 is 0 Å². The summed E-state index contributed by atoms with van der Waals surface area (Å²) in [6.07, 6.45) is 2.27. The average molecular weight is 383 g/mol. The monoisotopic (exact) mass is 382 g/mol. The molecular weight excluding hydrogens is 352 g/mol. The highest BCUT2D eigenvalue weighted by Crippen LogP contribution is 2.31. The van der Waals surface area contributed by atoms with Gasteiger partial charge in [0.1, 0.15) is 0 Å². The first-order chi connectivity index (χ1) is 13.6. The molecule has 2 aromatic carbocycles. The lowest BCUT2D eigenvalue weighted by Crippen LogP contribution is -2.48. The minimum absolute atomic E-state index is 0.0696. The second kappa shape index (κ2) is 9.71. The topological polar surface area (TPSA) is 61.8 Å². The van der Waals surface area contributed by atoms with E-state index in [1.165, 1.54) is 5.56 Å². The molecule has 5 nitrogen and oxygen atoms in total. The van der Waals surface area contributed by atoms with Crippen molar-refractivity contribution in [3.05, 3.63) is 71.8 Å². The van der Waals surface area contributed by atoms with Crippen molar-refractivity contribution in [1.29, 1.82) is 0 Å². The van der Waals surface area contributed by atoms with Gasteiger partial charge in [-0.1, -0.05) is 60.7 Å². The van der Waals surface area contributed by atoms with Crippen molar-refractivity contribution in [2.45, 2.75) is 25.3 Å². The van der Waals surface area contributed by atoms with Crippen LogP contribution < -0.4 is 5.32 Å².